The van der Waals surface area contributed by atoms with Crippen molar-refractivity contribution in [2.24, 2.45) is 0 Å². The molecule has 0 aliphatic rings. The molecule has 0 saturated heterocycles. The zero-order valence-corrected chi connectivity index (χ0v) is 8.00. The molecule has 13 heavy (non-hydrogen) atoms. The summed E-state index contributed by atoms with van der Waals surface area (Å²) >= 11 is 0. The van der Waals surface area contributed by atoms with Crippen LogP contribution in [0.2, 0.25) is 0 Å². The predicted molar refractivity (Wildman–Crippen MR) is 52.7 cm³/mol. The summed E-state index contributed by atoms with van der Waals surface area (Å²) in [5, 5.41) is 0. The number of aromatic nitrogens is 1. The summed E-state index contributed by atoms with van der Waals surface area (Å²) in [6, 6.07) is 3.53. The summed E-state index contributed by atoms with van der Waals surface area (Å²) in [6.45, 7) is 7.43. The van der Waals surface area contributed by atoms with Gasteiger partial charge in [-0.3, -0.25) is 9.78 Å². The van der Waals surface area contributed by atoms with E-state index in [9.17, 15) is 4.79 Å². The topological polar surface area (TPSA) is 30.0 Å². The van der Waals surface area contributed by atoms with Crippen LogP contribution in [0.3, 0.4) is 0 Å². The summed E-state index contributed by atoms with van der Waals surface area (Å²) in [4.78, 5) is 15.5. The molecule has 1 rings (SSSR count). The highest BCUT2D eigenvalue weighted by Gasteiger charge is 2.05. The second-order valence-corrected chi connectivity index (χ2v) is 3.24. The number of ketones is 1. The number of hydrogen-bond donors (Lipinski definition) is 0. The monoisotopic (exact) mass is 175 g/mol. The van der Waals surface area contributed by atoms with Crippen molar-refractivity contribution in [1.29, 1.82) is 0 Å². The van der Waals surface area contributed by atoms with E-state index in [0.717, 1.165) is 16.8 Å². The number of nitrogens with zero attached hydrogens (tertiary/aromatic N) is 1. The Morgan fingerprint density at radius 2 is 2.31 bits per heavy atom. The van der Waals surface area contributed by atoms with E-state index in [1.165, 1.54) is 0 Å². The van der Waals surface area contributed by atoms with Gasteiger partial charge in [0.15, 0.2) is 5.78 Å². The highest BCUT2D eigenvalue weighted by molar-refractivity contribution is 5.97. The molecule has 0 saturated carbocycles. The van der Waals surface area contributed by atoms with Crippen LogP contribution in [0.4, 0.5) is 0 Å². The Kier molecular flexibility index (Phi) is 2.96. The molecular formula is C11H13NO. The lowest BCUT2D eigenvalue weighted by Crippen LogP contribution is -2.00. The molecule has 0 fully saturated rings. The first-order valence-electron chi connectivity index (χ1n) is 4.20. The van der Waals surface area contributed by atoms with Crippen molar-refractivity contribution in [2.45, 2.75) is 20.3 Å². The fraction of sp³-hybridized carbons (Fsp3) is 0.273. The van der Waals surface area contributed by atoms with Gasteiger partial charge in [0.25, 0.3) is 0 Å². The smallest absolute Gasteiger partial charge is 0.166 e. The fourth-order valence-corrected chi connectivity index (χ4v) is 1.10. The summed E-state index contributed by atoms with van der Waals surface area (Å²) < 4.78 is 0. The Morgan fingerprint density at radius 1 is 1.62 bits per heavy atom. The van der Waals surface area contributed by atoms with Crippen LogP contribution in [0, 0.1) is 6.92 Å². The van der Waals surface area contributed by atoms with Crippen LogP contribution in [-0.4, -0.2) is 10.8 Å². The highest BCUT2D eigenvalue weighted by Crippen LogP contribution is 2.07. The van der Waals surface area contributed by atoms with Gasteiger partial charge in [0.1, 0.15) is 0 Å². The average Bonchev–Trinajstić information content (AvgIpc) is 2.03. The van der Waals surface area contributed by atoms with E-state index < -0.39 is 0 Å². The van der Waals surface area contributed by atoms with Gasteiger partial charge in [0.2, 0.25) is 0 Å². The van der Waals surface area contributed by atoms with E-state index in [-0.39, 0.29) is 5.78 Å². The van der Waals surface area contributed by atoms with E-state index in [1.807, 2.05) is 13.8 Å². The van der Waals surface area contributed by atoms with Crippen LogP contribution < -0.4 is 0 Å². The zero-order chi connectivity index (χ0) is 9.84. The Labute approximate surface area is 78.3 Å². The third kappa shape index (κ3) is 2.82. The van der Waals surface area contributed by atoms with E-state index >= 15 is 0 Å². The van der Waals surface area contributed by atoms with Crippen molar-refractivity contribution in [3.63, 3.8) is 0 Å². The largest absolute Gasteiger partial charge is 0.294 e. The minimum absolute atomic E-state index is 0.109. The van der Waals surface area contributed by atoms with Crippen molar-refractivity contribution in [3.8, 4) is 0 Å². The standard InChI is InChI=1S/C11H13NO/c1-8(2)6-11(13)10-4-5-12-9(3)7-10/h4-5,7H,1,6H2,2-3H3. The number of hydrogen-bond acceptors (Lipinski definition) is 2. The Bertz CT molecular complexity index is 342. The first kappa shape index (κ1) is 9.65. The molecule has 0 radical (unpaired) electrons. The molecule has 1 aromatic rings. The summed E-state index contributed by atoms with van der Waals surface area (Å²) in [5.74, 6) is 0.109. The number of carbonyl (C=O) groups excluding carboxylic acids is 1. The molecule has 0 N–H and O–H groups in total. The van der Waals surface area contributed by atoms with E-state index in [2.05, 4.69) is 11.6 Å². The minimum atomic E-state index is 0.109. The molecule has 68 valence electrons. The first-order valence-corrected chi connectivity index (χ1v) is 4.20. The van der Waals surface area contributed by atoms with E-state index in [4.69, 9.17) is 0 Å². The third-order valence-electron chi connectivity index (χ3n) is 1.68. The lowest BCUT2D eigenvalue weighted by molar-refractivity contribution is 0.0993. The van der Waals surface area contributed by atoms with Gasteiger partial charge in [-0.15, -0.1) is 0 Å². The predicted octanol–water partition coefficient (Wildman–Crippen LogP) is 2.54. The van der Waals surface area contributed by atoms with E-state index in [1.54, 1.807) is 18.3 Å². The molecule has 1 aromatic heterocycles. The van der Waals surface area contributed by atoms with Gasteiger partial charge in [-0.2, -0.15) is 0 Å². The summed E-state index contributed by atoms with van der Waals surface area (Å²) in [7, 11) is 0. The van der Waals surface area contributed by atoms with Crippen LogP contribution in [0.25, 0.3) is 0 Å². The molecular weight excluding hydrogens is 162 g/mol. The van der Waals surface area contributed by atoms with Crippen molar-refractivity contribution in [2.75, 3.05) is 0 Å². The summed E-state index contributed by atoms with van der Waals surface area (Å²) in [5.41, 5.74) is 2.47. The Morgan fingerprint density at radius 3 is 2.85 bits per heavy atom. The third-order valence-corrected chi connectivity index (χ3v) is 1.68. The quantitative estimate of drug-likeness (QED) is 0.522. The van der Waals surface area contributed by atoms with Crippen LogP contribution in [0.1, 0.15) is 29.4 Å². The molecule has 1 heterocycles. The first-order chi connectivity index (χ1) is 6.09. The minimum Gasteiger partial charge on any atom is -0.294 e. The fourth-order valence-electron chi connectivity index (χ4n) is 1.10. The number of rotatable bonds is 3. The lowest BCUT2D eigenvalue weighted by atomic mass is 10.1. The van der Waals surface area contributed by atoms with Crippen LogP contribution in [0.15, 0.2) is 30.5 Å². The second kappa shape index (κ2) is 3.99. The second-order valence-electron chi connectivity index (χ2n) is 3.24. The molecule has 0 spiro atoms. The van der Waals surface area contributed by atoms with Crippen LogP contribution >= 0.6 is 0 Å². The number of carbonyl (C=O) groups is 1. The number of pyridine rings is 1. The number of aryl methyl sites for hydroxylation is 1. The Balaban J connectivity index is 2.83. The maximum atomic E-state index is 11.5. The van der Waals surface area contributed by atoms with E-state index in [0.29, 0.717) is 6.42 Å². The Hall–Kier alpha value is -1.44. The highest BCUT2D eigenvalue weighted by atomic mass is 16.1. The van der Waals surface area contributed by atoms with Gasteiger partial charge in [-0.1, -0.05) is 12.2 Å². The molecule has 2 nitrogen and oxygen atoms in total. The van der Waals surface area contributed by atoms with Crippen molar-refractivity contribution in [3.05, 3.63) is 41.7 Å². The molecule has 0 bridgehead atoms. The van der Waals surface area contributed by atoms with Crippen molar-refractivity contribution < 1.29 is 4.79 Å². The SMILES string of the molecule is C=C(C)CC(=O)c1ccnc(C)c1. The molecule has 0 amide bonds. The van der Waals surface area contributed by atoms with Gasteiger partial charge in [-0.25, -0.2) is 0 Å². The molecule has 2 heteroatoms. The molecule has 0 aliphatic heterocycles. The van der Waals surface area contributed by atoms with Crippen LogP contribution in [0.5, 0.6) is 0 Å². The average molecular weight is 175 g/mol. The maximum absolute atomic E-state index is 11.5. The molecule has 0 aliphatic carbocycles. The number of allylic oxidation sites excluding steroid dienone is 1. The van der Waals surface area contributed by atoms with Crippen molar-refractivity contribution in [1.82, 2.24) is 4.98 Å². The van der Waals surface area contributed by atoms with Gasteiger partial charge in [0, 0.05) is 23.9 Å². The van der Waals surface area contributed by atoms with Gasteiger partial charge in [-0.05, 0) is 26.0 Å². The maximum Gasteiger partial charge on any atom is 0.166 e. The van der Waals surface area contributed by atoms with Crippen LogP contribution in [-0.2, 0) is 0 Å². The molecule has 0 aromatic carbocycles. The van der Waals surface area contributed by atoms with Gasteiger partial charge >= 0.3 is 0 Å². The van der Waals surface area contributed by atoms with Gasteiger partial charge < -0.3 is 0 Å². The normalized spacial score (nSPS) is 9.69. The number of Topliss-reactive ketones (excluding diaryl/α,β-unsaturated/α-hetero) is 1. The zero-order valence-electron chi connectivity index (χ0n) is 8.00. The molecule has 0 unspecified atom stereocenters. The lowest BCUT2D eigenvalue weighted by Gasteiger charge is -2.00. The van der Waals surface area contributed by atoms with Crippen molar-refractivity contribution >= 4 is 5.78 Å². The summed E-state index contributed by atoms with van der Waals surface area (Å²) in [6.07, 6.45) is 2.07. The van der Waals surface area contributed by atoms with Gasteiger partial charge in [0.05, 0.1) is 0 Å². The molecule has 0 atom stereocenters.